The Morgan fingerprint density at radius 2 is 1.18 bits per heavy atom. The van der Waals surface area contributed by atoms with Crippen molar-refractivity contribution in [1.29, 1.82) is 0 Å². The second-order valence-electron chi connectivity index (χ2n) is 24.2. The van der Waals surface area contributed by atoms with Gasteiger partial charge in [-0.15, -0.1) is 11.3 Å². The largest absolute Gasteiger partial charge is 0.489 e. The Hall–Kier alpha value is -9.23. The van der Waals surface area contributed by atoms with Crippen LogP contribution in [-0.4, -0.2) is 123 Å². The van der Waals surface area contributed by atoms with Crippen LogP contribution in [0, 0.1) is 0 Å². The Balaban J connectivity index is 0.919. The molecule has 2 saturated heterocycles. The monoisotopic (exact) mass is 1210 g/mol. The van der Waals surface area contributed by atoms with Gasteiger partial charge in [-0.2, -0.15) is 0 Å². The highest BCUT2D eigenvalue weighted by Gasteiger charge is 2.39. The smallest absolute Gasteiger partial charge is 0.410 e. The normalized spacial score (nSPS) is 16.9. The van der Waals surface area contributed by atoms with E-state index in [1.54, 1.807) is 15.2 Å². The number of thiazole rings is 1. The van der Waals surface area contributed by atoms with Crippen LogP contribution in [0.1, 0.15) is 118 Å². The van der Waals surface area contributed by atoms with Crippen LogP contribution in [0.15, 0.2) is 185 Å². The average molecular weight is 1210 g/mol. The van der Waals surface area contributed by atoms with E-state index >= 15 is 0 Å². The number of carboxylic acid groups (broad SMARTS) is 1. The number of oxime groups is 1. The molecule has 3 aliphatic heterocycles. The summed E-state index contributed by atoms with van der Waals surface area (Å²) < 4.78 is 24.3. The first kappa shape index (κ1) is 61.8. The number of aromatic nitrogens is 1. The highest BCUT2D eigenvalue weighted by Crippen LogP contribution is 2.41. The molecule has 4 heterocycles. The second-order valence-corrected chi connectivity index (χ2v) is 25.0. The van der Waals surface area contributed by atoms with Crippen LogP contribution in [0.25, 0.3) is 0 Å². The van der Waals surface area contributed by atoms with E-state index in [2.05, 4.69) is 20.7 Å². The molecule has 0 bridgehead atoms. The lowest BCUT2D eigenvalue weighted by Gasteiger charge is -2.37. The number of carbonyl (C=O) groups excluding carboxylic acids is 3. The Labute approximate surface area is 518 Å². The maximum atomic E-state index is 14.7. The van der Waals surface area contributed by atoms with E-state index in [4.69, 9.17) is 33.8 Å². The lowest BCUT2D eigenvalue weighted by Crippen LogP contribution is -2.54. The number of carbonyl (C=O) groups is 4. The Bertz CT molecular complexity index is 3420. The van der Waals surface area contributed by atoms with Gasteiger partial charge in [-0.1, -0.05) is 163 Å². The van der Waals surface area contributed by atoms with Crippen molar-refractivity contribution in [2.75, 3.05) is 38.1 Å². The van der Waals surface area contributed by atoms with Gasteiger partial charge in [0.15, 0.2) is 17.2 Å². The van der Waals surface area contributed by atoms with Crippen LogP contribution in [0.2, 0.25) is 0 Å². The molecule has 0 saturated carbocycles. The molecule has 1 aromatic heterocycles. The summed E-state index contributed by atoms with van der Waals surface area (Å²) in [6, 6.07) is 53.8. The molecule has 10 rings (SSSR count). The third-order valence-corrected chi connectivity index (χ3v) is 16.0. The molecule has 3 atom stereocenters. The number of hydrogen-bond donors (Lipinski definition) is 3. The minimum atomic E-state index is -1.58. The van der Waals surface area contributed by atoms with E-state index in [1.807, 2.05) is 211 Å². The third kappa shape index (κ3) is 15.7. The molecule has 2 amide bonds. The van der Waals surface area contributed by atoms with Gasteiger partial charge in [0.1, 0.15) is 34.8 Å². The van der Waals surface area contributed by atoms with Crippen molar-refractivity contribution in [2.24, 2.45) is 10.1 Å². The zero-order chi connectivity index (χ0) is 61.8. The summed E-state index contributed by atoms with van der Waals surface area (Å²) in [7, 11) is 0. The van der Waals surface area contributed by atoms with Gasteiger partial charge in [0, 0.05) is 50.7 Å². The molecular formula is C69H76N8O10S. The number of rotatable bonds is 18. The zero-order valence-corrected chi connectivity index (χ0v) is 51.4. The summed E-state index contributed by atoms with van der Waals surface area (Å²) in [6.45, 7) is 13.6. The van der Waals surface area contributed by atoms with Crippen molar-refractivity contribution in [3.05, 3.63) is 220 Å². The maximum Gasteiger partial charge on any atom is 0.410 e. The van der Waals surface area contributed by atoms with Crippen molar-refractivity contribution < 1.29 is 48.1 Å². The molecule has 7 aromatic rings. The Morgan fingerprint density at radius 3 is 1.73 bits per heavy atom. The number of ether oxygens (including phenoxy) is 4. The van der Waals surface area contributed by atoms with E-state index in [1.165, 1.54) is 11.3 Å². The lowest BCUT2D eigenvalue weighted by molar-refractivity contribution is -0.163. The molecule has 458 valence electrons. The van der Waals surface area contributed by atoms with Gasteiger partial charge in [-0.25, -0.2) is 29.2 Å². The first-order valence-corrected chi connectivity index (χ1v) is 30.7. The van der Waals surface area contributed by atoms with Crippen LogP contribution in [-0.2, 0) is 47.3 Å². The number of nitrogens with zero attached hydrogens (tertiary/aromatic N) is 6. The number of nitrogens with one attached hydrogen (secondary N) is 2. The number of aliphatic carboxylic acids is 1. The molecule has 3 N–H and O–H groups in total. The standard InChI is InChI=1S/C69H76N8O10S/c1-67(2,3)85-65(81)75-38-22-34-54(43-75)70-63(71-55-35-23-39-76(44-55)66(82)86-68(4,5)6)77-41-49-36-37-56(40-50(49)42-77)83-45-58(62(80)84-60(47-24-12-7-13-25-47)48-26-14-8-15-27-48)87-74-59(61(78)79)57-46-88-64(72-57)73-69(51-28-16-9-17-29-51,52-30-18-10-19-31-52)53-32-20-11-21-33-53/h7-21,24-33,36-37,40,46,54-55,58,60H,22-23,34-35,38-39,41-45H2,1-6H3,(H,70,71)(H,72,73)(H,78,79)/b74-59-/t54-,55-,58+/m1/s1. The van der Waals surface area contributed by atoms with E-state index in [-0.39, 0.29) is 30.0 Å². The number of piperidine rings is 2. The number of hydrogen-bond acceptors (Lipinski definition) is 14. The van der Waals surface area contributed by atoms with Gasteiger partial charge in [-0.3, -0.25) is 0 Å². The molecule has 0 unspecified atom stereocenters. The van der Waals surface area contributed by atoms with Gasteiger partial charge in [0.2, 0.25) is 5.71 Å². The highest BCUT2D eigenvalue weighted by molar-refractivity contribution is 7.14. The van der Waals surface area contributed by atoms with E-state index in [0.717, 1.165) is 53.5 Å². The molecule has 0 aliphatic carbocycles. The molecule has 3 aliphatic rings. The third-order valence-electron chi connectivity index (χ3n) is 15.2. The first-order chi connectivity index (χ1) is 42.4. The maximum absolute atomic E-state index is 14.7. The summed E-state index contributed by atoms with van der Waals surface area (Å²) in [5, 5.41) is 24.4. The summed E-state index contributed by atoms with van der Waals surface area (Å²) in [5.74, 6) is -1.24. The molecule has 88 heavy (non-hydrogen) atoms. The molecule has 2 fully saturated rings. The fraction of sp³-hybridized carbons (Fsp3) is 0.348. The van der Waals surface area contributed by atoms with Gasteiger partial charge in [0.25, 0.3) is 6.10 Å². The summed E-state index contributed by atoms with van der Waals surface area (Å²) in [5.41, 5.74) is 3.33. The fourth-order valence-corrected chi connectivity index (χ4v) is 11.8. The predicted octanol–water partition coefficient (Wildman–Crippen LogP) is 12.2. The molecule has 19 heteroatoms. The van der Waals surface area contributed by atoms with Crippen molar-refractivity contribution in [1.82, 2.24) is 25.0 Å². The number of fused-ring (bicyclic) bond motifs is 1. The van der Waals surface area contributed by atoms with Gasteiger partial charge in [0.05, 0.1) is 6.04 Å². The molecule has 0 radical (unpaired) electrons. The number of carboxylic acids is 1. The van der Waals surface area contributed by atoms with Gasteiger partial charge < -0.3 is 54.2 Å². The predicted molar refractivity (Wildman–Crippen MR) is 338 cm³/mol. The fourth-order valence-electron chi connectivity index (χ4n) is 11.1. The van der Waals surface area contributed by atoms with Crippen molar-refractivity contribution >= 4 is 52.3 Å². The SMILES string of the molecule is CC(C)(C)OC(=O)N1CCC[C@@H](N=C(N[C@@H]2CCCN(C(=O)OC(C)(C)C)C2)N2Cc3ccc(OC[C@H](O/N=C(\C(=O)O)c4csc(NC(c5ccccc5)(c5ccccc5)c5ccccc5)n4)C(=O)OC(c4ccccc4)c4ccccc4)cc3C2)C1. The van der Waals surface area contributed by atoms with Crippen LogP contribution < -0.4 is 15.4 Å². The second kappa shape index (κ2) is 27.6. The number of amides is 2. The number of aliphatic imine (C=N–C) groups is 1. The average Bonchev–Trinajstić information content (AvgIpc) is 1.30. The van der Waals surface area contributed by atoms with E-state index in [9.17, 15) is 24.3 Å². The van der Waals surface area contributed by atoms with Crippen LogP contribution in [0.4, 0.5) is 14.7 Å². The Morgan fingerprint density at radius 1 is 0.659 bits per heavy atom. The van der Waals surface area contributed by atoms with Crippen LogP contribution in [0.3, 0.4) is 0 Å². The number of guanidine groups is 1. The number of anilines is 1. The molecule has 6 aromatic carbocycles. The first-order valence-electron chi connectivity index (χ1n) is 29.9. The number of likely N-dealkylation sites (tertiary alicyclic amines) is 2. The van der Waals surface area contributed by atoms with E-state index < -0.39 is 53.2 Å². The van der Waals surface area contributed by atoms with Gasteiger partial charge in [-0.05, 0) is 118 Å². The number of benzene rings is 6. The minimum Gasteiger partial charge on any atom is -0.489 e. The lowest BCUT2D eigenvalue weighted by atomic mass is 9.77. The quantitative estimate of drug-likeness (QED) is 0.0183. The Kier molecular flexibility index (Phi) is 19.4. The summed E-state index contributed by atoms with van der Waals surface area (Å²) in [4.78, 5) is 76.4. The molecule has 0 spiro atoms. The van der Waals surface area contributed by atoms with Crippen LogP contribution in [0.5, 0.6) is 5.75 Å². The van der Waals surface area contributed by atoms with Crippen molar-refractivity contribution in [3.63, 3.8) is 0 Å². The highest BCUT2D eigenvalue weighted by atomic mass is 32.1. The van der Waals surface area contributed by atoms with Crippen molar-refractivity contribution in [2.45, 2.75) is 121 Å². The zero-order valence-electron chi connectivity index (χ0n) is 50.5. The number of esters is 1. The van der Waals surface area contributed by atoms with Gasteiger partial charge >= 0.3 is 24.1 Å². The van der Waals surface area contributed by atoms with Crippen LogP contribution >= 0.6 is 11.3 Å². The summed E-state index contributed by atoms with van der Waals surface area (Å²) >= 11 is 1.20. The molecular weight excluding hydrogens is 1130 g/mol. The topological polar surface area (TPSA) is 206 Å². The minimum absolute atomic E-state index is 0.00384. The molecule has 18 nitrogen and oxygen atoms in total. The summed E-state index contributed by atoms with van der Waals surface area (Å²) in [6.07, 6.45) is -0.104. The van der Waals surface area contributed by atoms with E-state index in [0.29, 0.717) is 67.2 Å². The van der Waals surface area contributed by atoms with Crippen molar-refractivity contribution in [3.8, 4) is 5.75 Å².